The van der Waals surface area contributed by atoms with Crippen LogP contribution in [0.3, 0.4) is 0 Å². The summed E-state index contributed by atoms with van der Waals surface area (Å²) in [5.74, 6) is -0.427. The van der Waals surface area contributed by atoms with E-state index in [1.807, 2.05) is 0 Å². The molecule has 7 N–H and O–H groups in total. The fourth-order valence-corrected chi connectivity index (χ4v) is 10.1. The molecule has 1 fully saturated rings. The zero-order valence-corrected chi connectivity index (χ0v) is 42.7. The molecule has 0 aromatic heterocycles. The molecule has 0 spiro atoms. The van der Waals surface area contributed by atoms with Crippen molar-refractivity contribution < 1.29 is 54.3 Å². The third-order valence-corrected chi connectivity index (χ3v) is 14.6. The van der Waals surface area contributed by atoms with Gasteiger partial charge in [-0.3, -0.25) is 14.0 Å². The van der Waals surface area contributed by atoms with Crippen LogP contribution in [0.5, 0.6) is 0 Å². The summed E-state index contributed by atoms with van der Waals surface area (Å²) in [6, 6.07) is -1.15. The van der Waals surface area contributed by atoms with Crippen molar-refractivity contribution in [1.29, 1.82) is 0 Å². The number of hydrogen-bond donors (Lipinski definition) is 7. The number of aliphatic imine (C=N–C) groups is 1. The van der Waals surface area contributed by atoms with Crippen LogP contribution in [-0.4, -0.2) is 96.8 Å². The van der Waals surface area contributed by atoms with Crippen molar-refractivity contribution in [2.24, 2.45) is 4.99 Å². The molecule has 0 heterocycles. The maximum absolute atomic E-state index is 13.0. The van der Waals surface area contributed by atoms with E-state index in [1.54, 1.807) is 0 Å². The van der Waals surface area contributed by atoms with Gasteiger partial charge in [0.15, 0.2) is 0 Å². The SMILES string of the molecule is CCCCCCCCCCCCCCCCCCCCCCCCCCCC([O-])=N[C@@H](COP(=O)(O)OC1[C@H](O)[C@H](O)C(O)[C@H](O)[C@H]1O)[C@H](O)CCCCCCCCCCCCCCC. The quantitative estimate of drug-likeness (QED) is 0.0132. The third kappa shape index (κ3) is 33.5. The summed E-state index contributed by atoms with van der Waals surface area (Å²) in [7, 11) is -5.07. The second-order valence-corrected chi connectivity index (χ2v) is 21.1. The molecule has 9 atom stereocenters. The molecule has 388 valence electrons. The van der Waals surface area contributed by atoms with Crippen LogP contribution in [0.25, 0.3) is 0 Å². The Bertz CT molecular complexity index is 1120. The minimum atomic E-state index is -5.07. The van der Waals surface area contributed by atoms with Crippen molar-refractivity contribution in [3.8, 4) is 0 Å². The molecule has 0 radical (unpaired) electrons. The predicted molar refractivity (Wildman–Crippen MR) is 264 cm³/mol. The lowest BCUT2D eigenvalue weighted by molar-refractivity contribution is -0.220. The summed E-state index contributed by atoms with van der Waals surface area (Å²) in [5.41, 5.74) is 0. The maximum atomic E-state index is 13.0. The first kappa shape index (κ1) is 62.4. The van der Waals surface area contributed by atoms with E-state index in [0.717, 1.165) is 38.5 Å². The van der Waals surface area contributed by atoms with Crippen molar-refractivity contribution in [3.05, 3.63) is 0 Å². The van der Waals surface area contributed by atoms with Crippen LogP contribution in [0.1, 0.15) is 271 Å². The molecule has 1 saturated carbocycles. The average Bonchev–Trinajstić information content (AvgIpc) is 3.29. The first-order chi connectivity index (χ1) is 31.4. The van der Waals surface area contributed by atoms with Crippen LogP contribution in [0.15, 0.2) is 4.99 Å². The molecule has 0 aromatic carbocycles. The highest BCUT2D eigenvalue weighted by atomic mass is 31.2. The largest absolute Gasteiger partial charge is 0.862 e. The molecule has 0 aliphatic heterocycles. The van der Waals surface area contributed by atoms with Gasteiger partial charge in [-0.15, -0.1) is 0 Å². The lowest BCUT2D eigenvalue weighted by atomic mass is 9.85. The topological polar surface area (TPSA) is 213 Å². The van der Waals surface area contributed by atoms with Gasteiger partial charge in [-0.1, -0.05) is 251 Å². The van der Waals surface area contributed by atoms with Gasteiger partial charge in [0.25, 0.3) is 0 Å². The average molecular weight is 949 g/mol. The van der Waals surface area contributed by atoms with Crippen LogP contribution >= 0.6 is 7.82 Å². The number of hydrogen-bond acceptors (Lipinski definition) is 11. The molecule has 1 aliphatic carbocycles. The Kier molecular flexibility index (Phi) is 40.5. The van der Waals surface area contributed by atoms with Crippen molar-refractivity contribution >= 4 is 13.7 Å². The van der Waals surface area contributed by atoms with Crippen molar-refractivity contribution in [2.45, 2.75) is 319 Å². The molecular formula is C52H103NO11P-. The number of phosphoric acid groups is 1. The van der Waals surface area contributed by atoms with Gasteiger partial charge in [0, 0.05) is 0 Å². The third-order valence-electron chi connectivity index (χ3n) is 13.6. The molecule has 12 nitrogen and oxygen atoms in total. The number of aliphatic hydroxyl groups excluding tert-OH is 6. The van der Waals surface area contributed by atoms with Gasteiger partial charge in [-0.05, 0) is 25.2 Å². The summed E-state index contributed by atoms with van der Waals surface area (Å²) in [6.45, 7) is 3.86. The van der Waals surface area contributed by atoms with Crippen LogP contribution in [0.4, 0.5) is 0 Å². The second-order valence-electron chi connectivity index (χ2n) is 19.7. The van der Waals surface area contributed by atoms with Crippen LogP contribution in [0.2, 0.25) is 0 Å². The summed E-state index contributed by atoms with van der Waals surface area (Å²) >= 11 is 0. The van der Waals surface area contributed by atoms with E-state index in [0.29, 0.717) is 19.3 Å². The number of nitrogens with zero attached hydrogens (tertiary/aromatic N) is 1. The van der Waals surface area contributed by atoms with Gasteiger partial charge in [-0.2, -0.15) is 0 Å². The first-order valence-electron chi connectivity index (χ1n) is 27.4. The molecule has 0 amide bonds. The lowest BCUT2D eigenvalue weighted by Crippen LogP contribution is -2.64. The number of rotatable bonds is 47. The lowest BCUT2D eigenvalue weighted by Gasteiger charge is -2.41. The minimum absolute atomic E-state index is 0.188. The Hall–Kier alpha value is -0.660. The van der Waals surface area contributed by atoms with Crippen molar-refractivity contribution in [3.63, 3.8) is 0 Å². The molecule has 65 heavy (non-hydrogen) atoms. The Morgan fingerprint density at radius 3 is 1.08 bits per heavy atom. The summed E-state index contributed by atoms with van der Waals surface area (Å²) in [4.78, 5) is 14.7. The minimum Gasteiger partial charge on any atom is -0.862 e. The highest BCUT2D eigenvalue weighted by Crippen LogP contribution is 2.47. The van der Waals surface area contributed by atoms with Crippen LogP contribution in [-0.2, 0) is 13.6 Å². The van der Waals surface area contributed by atoms with Gasteiger partial charge in [0.05, 0.1) is 18.8 Å². The number of aliphatic hydroxyl groups is 6. The predicted octanol–water partition coefficient (Wildman–Crippen LogP) is 11.4. The molecule has 1 rings (SSSR count). The molecular weight excluding hydrogens is 846 g/mol. The van der Waals surface area contributed by atoms with Gasteiger partial charge in [0.1, 0.15) is 36.6 Å². The Balaban J connectivity index is 2.33. The van der Waals surface area contributed by atoms with Crippen LogP contribution < -0.4 is 5.11 Å². The van der Waals surface area contributed by atoms with E-state index in [9.17, 15) is 45.2 Å². The van der Waals surface area contributed by atoms with E-state index < -0.39 is 69.1 Å². The first-order valence-corrected chi connectivity index (χ1v) is 28.9. The molecule has 13 heteroatoms. The van der Waals surface area contributed by atoms with Crippen molar-refractivity contribution in [1.82, 2.24) is 0 Å². The molecule has 0 saturated heterocycles. The van der Waals surface area contributed by atoms with Crippen molar-refractivity contribution in [2.75, 3.05) is 6.61 Å². The van der Waals surface area contributed by atoms with Gasteiger partial charge < -0.3 is 40.6 Å². The van der Waals surface area contributed by atoms with Crippen LogP contribution in [0, 0.1) is 0 Å². The fraction of sp³-hybridized carbons (Fsp3) is 0.981. The Morgan fingerprint density at radius 1 is 0.477 bits per heavy atom. The van der Waals surface area contributed by atoms with E-state index >= 15 is 0 Å². The van der Waals surface area contributed by atoms with Gasteiger partial charge >= 0.3 is 7.82 Å². The Morgan fingerprint density at radius 2 is 0.754 bits per heavy atom. The fourth-order valence-electron chi connectivity index (χ4n) is 9.14. The van der Waals surface area contributed by atoms with E-state index in [1.165, 1.54) is 193 Å². The second kappa shape index (κ2) is 42.2. The molecule has 0 aromatic rings. The normalized spacial score (nSPS) is 22.3. The monoisotopic (exact) mass is 949 g/mol. The summed E-state index contributed by atoms with van der Waals surface area (Å²) in [6.07, 6.45) is 35.4. The molecule has 0 bridgehead atoms. The maximum Gasteiger partial charge on any atom is 0.472 e. The standard InChI is InChI=1S/C52H104NO11P/c1-3-5-7-9-11-13-15-17-18-19-20-21-22-23-24-25-26-27-28-30-32-34-36-38-40-42-46(55)53-44(45(54)41-39-37-35-33-31-29-16-14-12-10-8-6-4-2)43-63-65(61,62)64-52-50(59)48(57)47(56)49(58)51(52)60/h44-45,47-52,54,56-60H,3-43H2,1-2H3,(H,53,55)(H,61,62)/p-1/t44-,45+,47?,48-,49+,50+,51+,52?/m0/s1. The zero-order chi connectivity index (χ0) is 47.8. The van der Waals surface area contributed by atoms with Gasteiger partial charge in [-0.25, -0.2) is 4.57 Å². The summed E-state index contributed by atoms with van der Waals surface area (Å²) in [5, 5.41) is 74.4. The highest BCUT2D eigenvalue weighted by molar-refractivity contribution is 7.47. The van der Waals surface area contributed by atoms with E-state index in [4.69, 9.17) is 9.05 Å². The molecule has 1 aliphatic rings. The zero-order valence-electron chi connectivity index (χ0n) is 41.8. The number of phosphoric ester groups is 1. The summed E-state index contributed by atoms with van der Waals surface area (Å²) < 4.78 is 23.0. The smallest absolute Gasteiger partial charge is 0.472 e. The Labute approximate surface area is 397 Å². The highest BCUT2D eigenvalue weighted by Gasteiger charge is 2.51. The molecule has 3 unspecified atom stereocenters. The van der Waals surface area contributed by atoms with E-state index in [2.05, 4.69) is 18.8 Å². The van der Waals surface area contributed by atoms with Gasteiger partial charge in [0.2, 0.25) is 0 Å². The van der Waals surface area contributed by atoms with E-state index in [-0.39, 0.29) is 6.42 Å². The number of unbranched alkanes of at least 4 members (excludes halogenated alkanes) is 36.